The Kier molecular flexibility index (Phi) is 6.02. The van der Waals surface area contributed by atoms with Gasteiger partial charge in [0.1, 0.15) is 4.21 Å². The summed E-state index contributed by atoms with van der Waals surface area (Å²) in [4.78, 5) is 17.8. The number of amides is 1. The van der Waals surface area contributed by atoms with Crippen LogP contribution in [0.25, 0.3) is 10.2 Å². The molecule has 1 fully saturated rings. The number of benzene rings is 1. The van der Waals surface area contributed by atoms with Gasteiger partial charge in [0.25, 0.3) is 15.9 Å². The van der Waals surface area contributed by atoms with Crippen LogP contribution in [0.3, 0.4) is 0 Å². The molecular formula is C18H17BrClN3O3S3. The Bertz CT molecular complexity index is 1260. The van der Waals surface area contributed by atoms with E-state index in [0.717, 1.165) is 26.0 Å². The lowest BCUT2D eigenvalue weighted by atomic mass is 9.99. The molecule has 154 valence electrons. The quantitative estimate of drug-likeness (QED) is 0.504. The van der Waals surface area contributed by atoms with Crippen LogP contribution >= 0.6 is 50.2 Å². The monoisotopic (exact) mass is 533 g/mol. The van der Waals surface area contributed by atoms with Gasteiger partial charge < -0.3 is 4.57 Å². The molecule has 3 aromatic rings. The highest BCUT2D eigenvalue weighted by atomic mass is 79.9. The lowest BCUT2D eigenvalue weighted by molar-refractivity contribution is -0.122. The third kappa shape index (κ3) is 4.24. The SMILES string of the molecule is Cn1c(=NC(=O)C2CCCN(S(=O)(=O)c3ccc(Cl)s3)C2)sc2cc(Br)ccc21. The molecule has 29 heavy (non-hydrogen) atoms. The van der Waals surface area contributed by atoms with Crippen LogP contribution in [0.1, 0.15) is 12.8 Å². The van der Waals surface area contributed by atoms with Crippen molar-refractivity contribution in [2.24, 2.45) is 18.0 Å². The number of nitrogens with zero attached hydrogens (tertiary/aromatic N) is 3. The Balaban J connectivity index is 1.60. The number of hydrogen-bond donors (Lipinski definition) is 0. The van der Waals surface area contributed by atoms with Crippen LogP contribution in [0.15, 0.2) is 44.0 Å². The van der Waals surface area contributed by atoms with E-state index in [0.29, 0.717) is 28.5 Å². The number of fused-ring (bicyclic) bond motifs is 1. The van der Waals surface area contributed by atoms with Gasteiger partial charge in [-0.2, -0.15) is 9.30 Å². The number of piperidine rings is 1. The van der Waals surface area contributed by atoms with Crippen molar-refractivity contribution in [1.29, 1.82) is 0 Å². The summed E-state index contributed by atoms with van der Waals surface area (Å²) < 4.78 is 31.6. The van der Waals surface area contributed by atoms with Crippen molar-refractivity contribution in [2.75, 3.05) is 13.1 Å². The molecule has 0 saturated carbocycles. The fraction of sp³-hybridized carbons (Fsp3) is 0.333. The molecule has 1 saturated heterocycles. The molecule has 3 heterocycles. The van der Waals surface area contributed by atoms with Crippen LogP contribution < -0.4 is 4.80 Å². The number of thiophene rings is 1. The van der Waals surface area contributed by atoms with Gasteiger partial charge in [-0.25, -0.2) is 8.42 Å². The molecule has 1 aliphatic rings. The number of thiazole rings is 1. The van der Waals surface area contributed by atoms with Gasteiger partial charge in [0.2, 0.25) is 0 Å². The van der Waals surface area contributed by atoms with E-state index in [1.807, 2.05) is 29.8 Å². The van der Waals surface area contributed by atoms with Gasteiger partial charge in [-0.3, -0.25) is 4.79 Å². The minimum Gasteiger partial charge on any atom is -0.319 e. The summed E-state index contributed by atoms with van der Waals surface area (Å²) in [6.07, 6.45) is 1.25. The first-order valence-corrected chi connectivity index (χ1v) is 13.1. The Morgan fingerprint density at radius 3 is 2.79 bits per heavy atom. The third-order valence-corrected chi connectivity index (χ3v) is 10.0. The first-order chi connectivity index (χ1) is 13.8. The molecule has 2 aromatic heterocycles. The second-order valence-electron chi connectivity index (χ2n) is 6.77. The van der Waals surface area contributed by atoms with E-state index in [2.05, 4.69) is 20.9 Å². The molecule has 1 atom stereocenters. The van der Waals surface area contributed by atoms with Gasteiger partial charge in [-0.05, 0) is 43.2 Å². The first kappa shape index (κ1) is 21.2. The number of carbonyl (C=O) groups excluding carboxylic acids is 1. The fourth-order valence-corrected chi connectivity index (χ4v) is 8.06. The van der Waals surface area contributed by atoms with E-state index >= 15 is 0 Å². The summed E-state index contributed by atoms with van der Waals surface area (Å²) in [6, 6.07) is 8.99. The summed E-state index contributed by atoms with van der Waals surface area (Å²) in [5.41, 5.74) is 0.993. The van der Waals surface area contributed by atoms with Gasteiger partial charge >= 0.3 is 0 Å². The molecule has 0 aliphatic carbocycles. The molecule has 0 N–H and O–H groups in total. The zero-order valence-corrected chi connectivity index (χ0v) is 20.1. The van der Waals surface area contributed by atoms with E-state index in [1.165, 1.54) is 21.7 Å². The summed E-state index contributed by atoms with van der Waals surface area (Å²) in [5.74, 6) is -0.735. The van der Waals surface area contributed by atoms with E-state index in [1.54, 1.807) is 6.07 Å². The van der Waals surface area contributed by atoms with Crippen molar-refractivity contribution in [1.82, 2.24) is 8.87 Å². The topological polar surface area (TPSA) is 71.7 Å². The molecule has 4 rings (SSSR count). The lowest BCUT2D eigenvalue weighted by Crippen LogP contribution is -2.42. The van der Waals surface area contributed by atoms with Crippen LogP contribution in [0.4, 0.5) is 0 Å². The maximum Gasteiger partial charge on any atom is 0.252 e. The predicted octanol–water partition coefficient (Wildman–Crippen LogP) is 4.25. The Morgan fingerprint density at radius 2 is 2.07 bits per heavy atom. The molecule has 0 spiro atoms. The Labute approximate surface area is 189 Å². The molecule has 11 heteroatoms. The van der Waals surface area contributed by atoms with Gasteiger partial charge in [0, 0.05) is 24.6 Å². The fourth-order valence-electron chi connectivity index (χ4n) is 3.33. The molecule has 1 amide bonds. The van der Waals surface area contributed by atoms with Crippen molar-refractivity contribution in [3.05, 3.63) is 43.9 Å². The zero-order chi connectivity index (χ0) is 20.8. The van der Waals surface area contributed by atoms with Crippen LogP contribution in [-0.4, -0.2) is 36.3 Å². The van der Waals surface area contributed by atoms with Crippen molar-refractivity contribution in [3.8, 4) is 0 Å². The largest absolute Gasteiger partial charge is 0.319 e. The van der Waals surface area contributed by atoms with Gasteiger partial charge in [-0.15, -0.1) is 11.3 Å². The molecular weight excluding hydrogens is 518 g/mol. The zero-order valence-electron chi connectivity index (χ0n) is 15.3. The summed E-state index contributed by atoms with van der Waals surface area (Å²) in [7, 11) is -1.78. The minimum atomic E-state index is -3.65. The highest BCUT2D eigenvalue weighted by Crippen LogP contribution is 2.31. The number of aromatic nitrogens is 1. The van der Waals surface area contributed by atoms with Crippen molar-refractivity contribution >= 4 is 76.4 Å². The minimum absolute atomic E-state index is 0.139. The maximum absolute atomic E-state index is 12.9. The normalized spacial score (nSPS) is 19.1. The number of carbonyl (C=O) groups is 1. The highest BCUT2D eigenvalue weighted by molar-refractivity contribution is 9.10. The number of halogens is 2. The third-order valence-electron chi connectivity index (χ3n) is 4.85. The van der Waals surface area contributed by atoms with Crippen LogP contribution in [0, 0.1) is 5.92 Å². The van der Waals surface area contributed by atoms with Gasteiger partial charge in [-0.1, -0.05) is 38.9 Å². The smallest absolute Gasteiger partial charge is 0.252 e. The summed E-state index contributed by atoms with van der Waals surface area (Å²) >= 11 is 11.8. The van der Waals surface area contributed by atoms with Crippen LogP contribution in [0.2, 0.25) is 4.34 Å². The second-order valence-corrected chi connectivity index (χ2v) is 12.6. The second kappa shape index (κ2) is 8.24. The average Bonchev–Trinajstić information content (AvgIpc) is 3.26. The summed E-state index contributed by atoms with van der Waals surface area (Å²) in [6.45, 7) is 0.534. The average molecular weight is 535 g/mol. The summed E-state index contributed by atoms with van der Waals surface area (Å²) in [5, 5.41) is 0. The molecule has 6 nitrogen and oxygen atoms in total. The van der Waals surface area contributed by atoms with Crippen LogP contribution in [0.5, 0.6) is 0 Å². The van der Waals surface area contributed by atoms with Crippen molar-refractivity contribution in [3.63, 3.8) is 0 Å². The standard InChI is InChI=1S/C18H17BrClN3O3S3/c1-22-13-5-4-12(19)9-14(13)27-18(22)21-17(24)11-3-2-8-23(10-11)29(25,26)16-7-6-15(20)28-16/h4-7,9,11H,2-3,8,10H2,1H3. The molecule has 0 bridgehead atoms. The lowest BCUT2D eigenvalue weighted by Gasteiger charge is -2.29. The van der Waals surface area contributed by atoms with E-state index in [4.69, 9.17) is 11.6 Å². The first-order valence-electron chi connectivity index (χ1n) is 8.85. The number of sulfonamides is 1. The number of aryl methyl sites for hydroxylation is 1. The van der Waals surface area contributed by atoms with Gasteiger partial charge in [0.05, 0.1) is 20.5 Å². The van der Waals surface area contributed by atoms with Crippen molar-refractivity contribution < 1.29 is 13.2 Å². The Hall–Kier alpha value is -1.04. The number of hydrogen-bond acceptors (Lipinski definition) is 5. The highest BCUT2D eigenvalue weighted by Gasteiger charge is 2.34. The van der Waals surface area contributed by atoms with E-state index < -0.39 is 15.9 Å². The van der Waals surface area contributed by atoms with Crippen molar-refractivity contribution in [2.45, 2.75) is 17.1 Å². The Morgan fingerprint density at radius 1 is 1.28 bits per heavy atom. The van der Waals surface area contributed by atoms with Crippen LogP contribution in [-0.2, 0) is 21.9 Å². The van der Waals surface area contributed by atoms with Gasteiger partial charge in [0.15, 0.2) is 4.80 Å². The van der Waals surface area contributed by atoms with E-state index in [9.17, 15) is 13.2 Å². The molecule has 1 aromatic carbocycles. The predicted molar refractivity (Wildman–Crippen MR) is 120 cm³/mol. The molecule has 1 unspecified atom stereocenters. The molecule has 1 aliphatic heterocycles. The maximum atomic E-state index is 12.9. The number of rotatable bonds is 3. The molecule has 0 radical (unpaired) electrons. The van der Waals surface area contributed by atoms with E-state index in [-0.39, 0.29) is 16.7 Å².